The van der Waals surface area contributed by atoms with Gasteiger partial charge in [0.25, 0.3) is 0 Å². The number of imidazole rings is 1. The number of hydrogen-bond donors (Lipinski definition) is 1. The highest BCUT2D eigenvalue weighted by atomic mass is 16.5. The first kappa shape index (κ1) is 15.1. The molecular weight excluding hydrogens is 310 g/mol. The van der Waals surface area contributed by atoms with E-state index in [9.17, 15) is 14.7 Å². The zero-order valence-electron chi connectivity index (χ0n) is 13.4. The summed E-state index contributed by atoms with van der Waals surface area (Å²) in [5.41, 5.74) is 0.831. The van der Waals surface area contributed by atoms with E-state index in [0.717, 1.165) is 16.9 Å². The van der Waals surface area contributed by atoms with Crippen LogP contribution in [0.15, 0.2) is 24.3 Å². The van der Waals surface area contributed by atoms with Gasteiger partial charge in [-0.2, -0.15) is 0 Å². The normalized spacial score (nSPS) is 26.0. The summed E-state index contributed by atoms with van der Waals surface area (Å²) in [7, 11) is 0. The summed E-state index contributed by atoms with van der Waals surface area (Å²) in [4.78, 5) is 30.6. The van der Waals surface area contributed by atoms with Crippen LogP contribution < -0.4 is 0 Å². The summed E-state index contributed by atoms with van der Waals surface area (Å²) in [6.45, 7) is 3.30. The van der Waals surface area contributed by atoms with E-state index in [1.54, 1.807) is 4.90 Å². The molecule has 2 aromatic rings. The summed E-state index contributed by atoms with van der Waals surface area (Å²) in [6.07, 6.45) is 0. The number of aliphatic carboxylic acids is 1. The third kappa shape index (κ3) is 2.11. The standard InChI is InChI=1S/C17H19N3O4/c1-11-18-13-4-2-3-5-14(13)20(11)7-15(21)19-6-12-8-24-10-17(12,9-19)16(22)23/h2-5,12H,6-10H2,1H3,(H,22,23)/t12-,17-/m1/s1. The maximum atomic E-state index is 12.7. The Balaban J connectivity index is 1.57. The van der Waals surface area contributed by atoms with Crippen LogP contribution in [0.3, 0.4) is 0 Å². The summed E-state index contributed by atoms with van der Waals surface area (Å²) < 4.78 is 7.24. The van der Waals surface area contributed by atoms with Gasteiger partial charge in [0, 0.05) is 19.0 Å². The quantitative estimate of drug-likeness (QED) is 0.904. The fourth-order valence-corrected chi connectivity index (χ4v) is 3.86. The highest BCUT2D eigenvalue weighted by molar-refractivity contribution is 5.83. The van der Waals surface area contributed by atoms with Gasteiger partial charge in [-0.3, -0.25) is 9.59 Å². The number of aromatic nitrogens is 2. The lowest BCUT2D eigenvalue weighted by atomic mass is 9.81. The van der Waals surface area contributed by atoms with Crippen LogP contribution in [0.4, 0.5) is 0 Å². The summed E-state index contributed by atoms with van der Waals surface area (Å²) in [6, 6.07) is 7.69. The van der Waals surface area contributed by atoms with E-state index in [2.05, 4.69) is 4.98 Å². The summed E-state index contributed by atoms with van der Waals surface area (Å²) >= 11 is 0. The Bertz CT molecular complexity index is 830. The van der Waals surface area contributed by atoms with Gasteiger partial charge in [-0.15, -0.1) is 0 Å². The molecule has 0 aliphatic carbocycles. The van der Waals surface area contributed by atoms with Crippen molar-refractivity contribution < 1.29 is 19.4 Å². The number of benzene rings is 1. The predicted octanol–water partition coefficient (Wildman–Crippen LogP) is 0.904. The lowest BCUT2D eigenvalue weighted by molar-refractivity contribution is -0.149. The van der Waals surface area contributed by atoms with Crippen LogP contribution in [0.1, 0.15) is 5.82 Å². The van der Waals surface area contributed by atoms with Gasteiger partial charge in [-0.1, -0.05) is 12.1 Å². The first-order valence-electron chi connectivity index (χ1n) is 8.02. The number of nitrogens with zero attached hydrogens (tertiary/aromatic N) is 3. The zero-order chi connectivity index (χ0) is 16.9. The third-order valence-electron chi connectivity index (χ3n) is 5.29. The monoisotopic (exact) mass is 329 g/mol. The first-order valence-corrected chi connectivity index (χ1v) is 8.02. The predicted molar refractivity (Wildman–Crippen MR) is 85.4 cm³/mol. The summed E-state index contributed by atoms with van der Waals surface area (Å²) in [5, 5.41) is 9.58. The molecule has 1 aromatic heterocycles. The number of aryl methyl sites for hydroxylation is 1. The fraction of sp³-hybridized carbons (Fsp3) is 0.471. The number of carboxylic acids is 1. The Morgan fingerprint density at radius 2 is 2.21 bits per heavy atom. The molecule has 7 nitrogen and oxygen atoms in total. The first-order chi connectivity index (χ1) is 11.5. The number of hydrogen-bond acceptors (Lipinski definition) is 4. The molecule has 0 spiro atoms. The number of ether oxygens (including phenoxy) is 1. The van der Waals surface area contributed by atoms with Gasteiger partial charge < -0.3 is 19.3 Å². The molecule has 4 rings (SSSR count). The van der Waals surface area contributed by atoms with E-state index in [1.165, 1.54) is 0 Å². The molecule has 0 bridgehead atoms. The highest BCUT2D eigenvalue weighted by Gasteiger charge is 2.57. The van der Waals surface area contributed by atoms with Gasteiger partial charge in [0.15, 0.2) is 0 Å². The molecule has 7 heteroatoms. The number of likely N-dealkylation sites (tertiary alicyclic amines) is 1. The Labute approximate surface area is 138 Å². The van der Waals surface area contributed by atoms with Crippen LogP contribution in [0.5, 0.6) is 0 Å². The molecule has 2 saturated heterocycles. The lowest BCUT2D eigenvalue weighted by Gasteiger charge is -2.22. The maximum absolute atomic E-state index is 12.7. The van der Waals surface area contributed by atoms with Crippen molar-refractivity contribution in [3.8, 4) is 0 Å². The van der Waals surface area contributed by atoms with Gasteiger partial charge in [0.1, 0.15) is 17.8 Å². The Kier molecular flexibility index (Phi) is 3.35. The molecular formula is C17H19N3O4. The topological polar surface area (TPSA) is 84.7 Å². The van der Waals surface area contributed by atoms with E-state index in [4.69, 9.17) is 4.74 Å². The molecule has 2 atom stereocenters. The Morgan fingerprint density at radius 3 is 2.96 bits per heavy atom. The number of fused-ring (bicyclic) bond motifs is 2. The van der Waals surface area contributed by atoms with Crippen molar-refractivity contribution >= 4 is 22.9 Å². The minimum Gasteiger partial charge on any atom is -0.481 e. The smallest absolute Gasteiger partial charge is 0.314 e. The second-order valence-electron chi connectivity index (χ2n) is 6.68. The van der Waals surface area contributed by atoms with Gasteiger partial charge >= 0.3 is 5.97 Å². The molecule has 24 heavy (non-hydrogen) atoms. The second kappa shape index (κ2) is 5.31. The van der Waals surface area contributed by atoms with Gasteiger partial charge in [0.05, 0.1) is 24.2 Å². The van der Waals surface area contributed by atoms with Crippen LogP contribution in [0.2, 0.25) is 0 Å². The lowest BCUT2D eigenvalue weighted by Crippen LogP contribution is -2.40. The van der Waals surface area contributed by atoms with Crippen LogP contribution in [-0.4, -0.2) is 57.7 Å². The van der Waals surface area contributed by atoms with Crippen molar-refractivity contribution in [3.05, 3.63) is 30.1 Å². The van der Waals surface area contributed by atoms with Gasteiger partial charge in [-0.25, -0.2) is 4.98 Å². The average Bonchev–Trinajstić information content (AvgIpc) is 3.19. The SMILES string of the molecule is Cc1nc2ccccc2n1CC(=O)N1C[C@@H]2COC[C@]2(C(=O)O)C1. The van der Waals surface area contributed by atoms with E-state index in [1.807, 2.05) is 35.8 Å². The number of rotatable bonds is 3. The van der Waals surface area contributed by atoms with E-state index in [-0.39, 0.29) is 31.5 Å². The molecule has 3 heterocycles. The van der Waals surface area contributed by atoms with Crippen molar-refractivity contribution in [1.29, 1.82) is 0 Å². The second-order valence-corrected chi connectivity index (χ2v) is 6.68. The Morgan fingerprint density at radius 1 is 1.42 bits per heavy atom. The molecule has 1 aromatic carbocycles. The molecule has 1 N–H and O–H groups in total. The minimum absolute atomic E-state index is 0.0729. The number of para-hydroxylation sites is 2. The number of carboxylic acid groups (broad SMARTS) is 1. The van der Waals surface area contributed by atoms with E-state index in [0.29, 0.717) is 13.2 Å². The molecule has 0 saturated carbocycles. The molecule has 0 unspecified atom stereocenters. The van der Waals surface area contributed by atoms with Crippen molar-refractivity contribution in [1.82, 2.24) is 14.5 Å². The molecule has 126 valence electrons. The van der Waals surface area contributed by atoms with Crippen molar-refractivity contribution in [2.45, 2.75) is 13.5 Å². The highest BCUT2D eigenvalue weighted by Crippen LogP contribution is 2.41. The van der Waals surface area contributed by atoms with Gasteiger partial charge in [-0.05, 0) is 19.1 Å². The van der Waals surface area contributed by atoms with Crippen LogP contribution >= 0.6 is 0 Å². The number of carbonyl (C=O) groups excluding carboxylic acids is 1. The average molecular weight is 329 g/mol. The zero-order valence-corrected chi connectivity index (χ0v) is 13.4. The van der Waals surface area contributed by atoms with E-state index >= 15 is 0 Å². The minimum atomic E-state index is -0.943. The molecule has 1 amide bonds. The third-order valence-corrected chi connectivity index (χ3v) is 5.29. The molecule has 2 aliphatic heterocycles. The van der Waals surface area contributed by atoms with Gasteiger partial charge in [0.2, 0.25) is 5.91 Å². The Hall–Kier alpha value is -2.41. The fourth-order valence-electron chi connectivity index (χ4n) is 3.86. The number of amides is 1. The van der Waals surface area contributed by atoms with Crippen LogP contribution in [0.25, 0.3) is 11.0 Å². The van der Waals surface area contributed by atoms with Crippen LogP contribution in [-0.2, 0) is 20.9 Å². The van der Waals surface area contributed by atoms with Crippen molar-refractivity contribution in [2.24, 2.45) is 11.3 Å². The number of carbonyl (C=O) groups is 2. The van der Waals surface area contributed by atoms with Crippen LogP contribution in [0, 0.1) is 18.3 Å². The van der Waals surface area contributed by atoms with Crippen molar-refractivity contribution in [2.75, 3.05) is 26.3 Å². The van der Waals surface area contributed by atoms with Crippen molar-refractivity contribution in [3.63, 3.8) is 0 Å². The van der Waals surface area contributed by atoms with E-state index < -0.39 is 11.4 Å². The summed E-state index contributed by atoms with van der Waals surface area (Å²) in [5.74, 6) is -0.291. The largest absolute Gasteiger partial charge is 0.481 e. The molecule has 2 fully saturated rings. The molecule has 0 radical (unpaired) electrons. The molecule has 2 aliphatic rings. The maximum Gasteiger partial charge on any atom is 0.314 e.